The molecule has 2 atom stereocenters. The number of hydrogen-bond donors (Lipinski definition) is 1. The monoisotopic (exact) mass is 372 g/mol. The molecule has 1 N–H and O–H groups in total. The third kappa shape index (κ3) is 3.20. The number of nitrogens with one attached hydrogen (secondary N) is 1. The Kier molecular flexibility index (Phi) is 4.21. The molecular weight excluding hydrogens is 352 g/mol. The van der Waals surface area contributed by atoms with Crippen molar-refractivity contribution in [3.8, 4) is 0 Å². The Hall–Kier alpha value is -1.45. The predicted molar refractivity (Wildman–Crippen MR) is 89.9 cm³/mol. The van der Waals surface area contributed by atoms with Crippen LogP contribution in [0.4, 0.5) is 5.69 Å². The Morgan fingerprint density at radius 1 is 1.17 bits per heavy atom. The number of carbonyl (C=O) groups excluding carboxylic acids is 1. The molecule has 0 radical (unpaired) electrons. The van der Waals surface area contributed by atoms with E-state index in [4.69, 9.17) is 0 Å². The summed E-state index contributed by atoms with van der Waals surface area (Å²) in [5.41, 5.74) is 0.535. The van der Waals surface area contributed by atoms with Gasteiger partial charge in [0.2, 0.25) is 15.9 Å². The molecule has 132 valence electrons. The number of hydrogen-bond acceptors (Lipinski definition) is 5. The first kappa shape index (κ1) is 17.4. The Morgan fingerprint density at radius 3 is 2.38 bits per heavy atom. The van der Waals surface area contributed by atoms with Crippen LogP contribution in [0.3, 0.4) is 0 Å². The first-order valence-corrected chi connectivity index (χ1v) is 11.0. The van der Waals surface area contributed by atoms with Crippen LogP contribution in [0.5, 0.6) is 0 Å². The zero-order chi connectivity index (χ0) is 17.7. The van der Waals surface area contributed by atoms with Crippen molar-refractivity contribution in [1.82, 2.24) is 4.72 Å². The fourth-order valence-electron chi connectivity index (χ4n) is 3.39. The molecule has 1 aromatic carbocycles. The summed E-state index contributed by atoms with van der Waals surface area (Å²) in [6, 6.07) is 5.41. The minimum absolute atomic E-state index is 0.0294. The summed E-state index contributed by atoms with van der Waals surface area (Å²) < 4.78 is 50.3. The van der Waals surface area contributed by atoms with E-state index in [1.54, 1.807) is 26.0 Å². The van der Waals surface area contributed by atoms with E-state index >= 15 is 0 Å². The van der Waals surface area contributed by atoms with Gasteiger partial charge in [-0.15, -0.1) is 0 Å². The number of sulfone groups is 1. The summed E-state index contributed by atoms with van der Waals surface area (Å²) in [5, 5.41) is 0. The van der Waals surface area contributed by atoms with E-state index in [9.17, 15) is 21.6 Å². The zero-order valence-electron chi connectivity index (χ0n) is 13.5. The van der Waals surface area contributed by atoms with Gasteiger partial charge in [-0.3, -0.25) is 4.79 Å². The first-order valence-electron chi connectivity index (χ1n) is 7.74. The molecule has 0 spiro atoms. The van der Waals surface area contributed by atoms with E-state index < -0.39 is 19.9 Å². The zero-order valence-corrected chi connectivity index (χ0v) is 15.1. The van der Waals surface area contributed by atoms with Crippen molar-refractivity contribution < 1.29 is 21.6 Å². The predicted octanol–water partition coefficient (Wildman–Crippen LogP) is 0.523. The summed E-state index contributed by atoms with van der Waals surface area (Å²) in [7, 11) is -6.71. The van der Waals surface area contributed by atoms with Crippen LogP contribution in [0, 0.1) is 5.92 Å². The lowest BCUT2D eigenvalue weighted by Gasteiger charge is -2.23. The van der Waals surface area contributed by atoms with E-state index in [0.717, 1.165) is 0 Å². The summed E-state index contributed by atoms with van der Waals surface area (Å²) in [6.07, 6.45) is 0.221. The number of nitrogens with zero attached hydrogens (tertiary/aromatic N) is 1. The van der Waals surface area contributed by atoms with Gasteiger partial charge in [-0.05, 0) is 38.1 Å². The lowest BCUT2D eigenvalue weighted by atomic mass is 10.1. The van der Waals surface area contributed by atoms with Crippen molar-refractivity contribution in [2.75, 3.05) is 16.4 Å². The average molecular weight is 372 g/mol. The van der Waals surface area contributed by atoms with Crippen LogP contribution in [-0.4, -0.2) is 46.3 Å². The van der Waals surface area contributed by atoms with Gasteiger partial charge in [-0.1, -0.05) is 0 Å². The van der Waals surface area contributed by atoms with Crippen LogP contribution in [0.2, 0.25) is 0 Å². The number of benzene rings is 1. The second-order valence-electron chi connectivity index (χ2n) is 6.64. The van der Waals surface area contributed by atoms with Crippen LogP contribution < -0.4 is 9.62 Å². The van der Waals surface area contributed by atoms with Crippen molar-refractivity contribution in [2.45, 2.75) is 37.2 Å². The van der Waals surface area contributed by atoms with Gasteiger partial charge in [0.05, 0.1) is 22.4 Å². The molecule has 2 aliphatic heterocycles. The van der Waals surface area contributed by atoms with Gasteiger partial charge in [0.1, 0.15) is 0 Å². The average Bonchev–Trinajstić information content (AvgIpc) is 2.87. The van der Waals surface area contributed by atoms with Gasteiger partial charge < -0.3 is 4.90 Å². The molecule has 0 bridgehead atoms. The SMILES string of the molecule is CC(C)NS(=O)(=O)c1ccc(N2C(=O)C[C@H]3CS(=O)(=O)C[C@H]32)cc1. The molecular formula is C15H20N2O5S2. The maximum atomic E-state index is 12.2. The van der Waals surface area contributed by atoms with Crippen LogP contribution in [0.25, 0.3) is 0 Å². The van der Waals surface area contributed by atoms with Gasteiger partial charge >= 0.3 is 0 Å². The van der Waals surface area contributed by atoms with Gasteiger partial charge in [0.15, 0.2) is 9.84 Å². The standard InChI is InChI=1S/C15H20N2O5S2/c1-10(2)16-24(21,22)13-5-3-12(4-6-13)17-14-9-23(19,20)8-11(14)7-15(17)18/h3-6,10-11,14,16H,7-9H2,1-2H3/t11-,14+/m0/s1. The second-order valence-corrected chi connectivity index (χ2v) is 10.5. The molecule has 2 fully saturated rings. The van der Waals surface area contributed by atoms with E-state index in [2.05, 4.69) is 4.72 Å². The van der Waals surface area contributed by atoms with Crippen LogP contribution in [0.1, 0.15) is 20.3 Å². The Labute approximate surface area is 142 Å². The Morgan fingerprint density at radius 2 is 1.79 bits per heavy atom. The molecule has 24 heavy (non-hydrogen) atoms. The largest absolute Gasteiger partial charge is 0.308 e. The molecule has 9 heteroatoms. The minimum Gasteiger partial charge on any atom is -0.308 e. The van der Waals surface area contributed by atoms with Gasteiger partial charge in [-0.2, -0.15) is 0 Å². The van der Waals surface area contributed by atoms with E-state index in [-0.39, 0.29) is 46.7 Å². The Balaban J connectivity index is 1.87. The maximum Gasteiger partial charge on any atom is 0.240 e. The van der Waals surface area contributed by atoms with Gasteiger partial charge in [-0.25, -0.2) is 21.6 Å². The molecule has 1 aromatic rings. The van der Waals surface area contributed by atoms with E-state index in [0.29, 0.717) is 5.69 Å². The quantitative estimate of drug-likeness (QED) is 0.831. The highest BCUT2D eigenvalue weighted by Gasteiger charge is 2.49. The van der Waals surface area contributed by atoms with Crippen LogP contribution in [-0.2, 0) is 24.7 Å². The number of amides is 1. The number of fused-ring (bicyclic) bond motifs is 1. The minimum atomic E-state index is -3.60. The van der Waals surface area contributed by atoms with E-state index in [1.807, 2.05) is 0 Å². The molecule has 3 rings (SSSR count). The normalized spacial score (nSPS) is 26.1. The second kappa shape index (κ2) is 5.82. The first-order chi connectivity index (χ1) is 11.1. The lowest BCUT2D eigenvalue weighted by Crippen LogP contribution is -2.36. The third-order valence-electron chi connectivity index (χ3n) is 4.29. The summed E-state index contributed by atoms with van der Waals surface area (Å²) in [6.45, 7) is 3.46. The third-order valence-corrected chi connectivity index (χ3v) is 7.75. The molecule has 0 unspecified atom stereocenters. The molecule has 1 amide bonds. The highest BCUT2D eigenvalue weighted by molar-refractivity contribution is 7.91. The highest BCUT2D eigenvalue weighted by Crippen LogP contribution is 2.37. The lowest BCUT2D eigenvalue weighted by molar-refractivity contribution is -0.117. The Bertz CT molecular complexity index is 860. The number of rotatable bonds is 4. The summed E-state index contributed by atoms with van der Waals surface area (Å²) in [5.74, 6) is -0.271. The molecule has 0 aliphatic carbocycles. The highest BCUT2D eigenvalue weighted by atomic mass is 32.2. The fourth-order valence-corrected chi connectivity index (χ4v) is 6.71. The van der Waals surface area contributed by atoms with Crippen molar-refractivity contribution in [3.63, 3.8) is 0 Å². The van der Waals surface area contributed by atoms with Crippen LogP contribution >= 0.6 is 0 Å². The van der Waals surface area contributed by atoms with Gasteiger partial charge in [0, 0.05) is 24.1 Å². The number of sulfonamides is 1. The number of anilines is 1. The summed E-state index contributed by atoms with van der Waals surface area (Å²) in [4.78, 5) is 13.8. The molecule has 0 saturated carbocycles. The molecule has 7 nitrogen and oxygen atoms in total. The van der Waals surface area contributed by atoms with Crippen molar-refractivity contribution in [3.05, 3.63) is 24.3 Å². The van der Waals surface area contributed by atoms with Gasteiger partial charge in [0.25, 0.3) is 0 Å². The maximum absolute atomic E-state index is 12.2. The van der Waals surface area contributed by atoms with Crippen LogP contribution in [0.15, 0.2) is 29.2 Å². The summed E-state index contributed by atoms with van der Waals surface area (Å²) >= 11 is 0. The topological polar surface area (TPSA) is 101 Å². The molecule has 2 aliphatic rings. The van der Waals surface area contributed by atoms with E-state index in [1.165, 1.54) is 17.0 Å². The van der Waals surface area contributed by atoms with Crippen molar-refractivity contribution in [2.24, 2.45) is 5.92 Å². The van der Waals surface area contributed by atoms with Crippen molar-refractivity contribution in [1.29, 1.82) is 0 Å². The molecule has 0 aromatic heterocycles. The number of carbonyl (C=O) groups is 1. The van der Waals surface area contributed by atoms with Crippen molar-refractivity contribution >= 4 is 31.5 Å². The molecule has 2 heterocycles. The smallest absolute Gasteiger partial charge is 0.240 e. The molecule has 2 saturated heterocycles. The fraction of sp³-hybridized carbons (Fsp3) is 0.533.